The Bertz CT molecular complexity index is 638. The maximum Gasteiger partial charge on any atom is 0.239 e. The van der Waals surface area contributed by atoms with Crippen molar-refractivity contribution < 1.29 is 9.13 Å². The summed E-state index contributed by atoms with van der Waals surface area (Å²) < 4.78 is 19.6. The molecule has 0 aliphatic heterocycles. The van der Waals surface area contributed by atoms with E-state index in [9.17, 15) is 4.39 Å². The molecule has 2 rings (SSSR count). The number of hydrogen-bond donors (Lipinski definition) is 1. The van der Waals surface area contributed by atoms with Gasteiger partial charge in [-0.1, -0.05) is 12.1 Å². The molecule has 0 aliphatic carbocycles. The summed E-state index contributed by atoms with van der Waals surface area (Å²) in [6.07, 6.45) is 0. The monoisotopic (exact) mass is 289 g/mol. The summed E-state index contributed by atoms with van der Waals surface area (Å²) in [5.41, 5.74) is 6.37. The highest BCUT2D eigenvalue weighted by Crippen LogP contribution is 2.30. The number of nitrogens with zero attached hydrogens (tertiary/aromatic N) is 2. The van der Waals surface area contributed by atoms with Gasteiger partial charge in [-0.05, 0) is 45.0 Å². The van der Waals surface area contributed by atoms with Crippen molar-refractivity contribution in [3.63, 3.8) is 0 Å². The number of anilines is 3. The highest BCUT2D eigenvalue weighted by molar-refractivity contribution is 5.63. The van der Waals surface area contributed by atoms with E-state index in [-0.39, 0.29) is 5.82 Å². The van der Waals surface area contributed by atoms with Crippen molar-refractivity contribution in [2.45, 2.75) is 26.4 Å². The van der Waals surface area contributed by atoms with Crippen molar-refractivity contribution >= 4 is 17.2 Å². The lowest BCUT2D eigenvalue weighted by Gasteiger charge is -2.24. The number of rotatable bonds is 3. The van der Waals surface area contributed by atoms with Crippen LogP contribution < -0.4 is 15.4 Å². The first-order valence-corrected chi connectivity index (χ1v) is 6.72. The van der Waals surface area contributed by atoms with E-state index in [1.165, 1.54) is 6.07 Å². The second-order valence-electron chi connectivity index (χ2n) is 5.79. The van der Waals surface area contributed by atoms with Gasteiger partial charge in [-0.15, -0.1) is 0 Å². The van der Waals surface area contributed by atoms with Crippen molar-refractivity contribution in [3.05, 3.63) is 42.2 Å². The molecule has 112 valence electrons. The third kappa shape index (κ3) is 3.62. The molecule has 5 heteroatoms. The number of aromatic nitrogens is 1. The number of pyridine rings is 1. The lowest BCUT2D eigenvalue weighted by atomic mass is 10.2. The van der Waals surface area contributed by atoms with Gasteiger partial charge in [0, 0.05) is 7.05 Å². The van der Waals surface area contributed by atoms with Gasteiger partial charge in [-0.2, -0.15) is 4.98 Å². The quantitative estimate of drug-likeness (QED) is 0.935. The average molecular weight is 289 g/mol. The molecular formula is C16H20FN3O. The topological polar surface area (TPSA) is 51.4 Å². The van der Waals surface area contributed by atoms with E-state index in [0.29, 0.717) is 23.1 Å². The first kappa shape index (κ1) is 15.1. The standard InChI is InChI=1S/C16H20FN3O/c1-16(2,3)21-15-12(18)9-10-14(19-15)20(4)13-8-6-5-7-11(13)17/h5-10H,18H2,1-4H3. The Morgan fingerprint density at radius 3 is 2.43 bits per heavy atom. The molecule has 0 unspecified atom stereocenters. The summed E-state index contributed by atoms with van der Waals surface area (Å²) in [4.78, 5) is 6.04. The van der Waals surface area contributed by atoms with Gasteiger partial charge in [0.15, 0.2) is 0 Å². The van der Waals surface area contributed by atoms with Gasteiger partial charge in [0.25, 0.3) is 0 Å². The number of nitrogens with two attached hydrogens (primary N) is 1. The minimum absolute atomic E-state index is 0.308. The minimum Gasteiger partial charge on any atom is -0.470 e. The molecule has 2 aromatic rings. The summed E-state index contributed by atoms with van der Waals surface area (Å²) in [6.45, 7) is 5.75. The second kappa shape index (κ2) is 5.60. The zero-order chi connectivity index (χ0) is 15.6. The van der Waals surface area contributed by atoms with Crippen LogP contribution in [0.5, 0.6) is 5.88 Å². The normalized spacial score (nSPS) is 11.3. The van der Waals surface area contributed by atoms with E-state index in [2.05, 4.69) is 4.98 Å². The van der Waals surface area contributed by atoms with Crippen LogP contribution >= 0.6 is 0 Å². The van der Waals surface area contributed by atoms with Crippen LogP contribution in [-0.2, 0) is 0 Å². The molecule has 0 fully saturated rings. The smallest absolute Gasteiger partial charge is 0.239 e. The Kier molecular flexibility index (Phi) is 4.02. The lowest BCUT2D eigenvalue weighted by Crippen LogP contribution is -2.24. The highest BCUT2D eigenvalue weighted by atomic mass is 19.1. The third-order valence-corrected chi connectivity index (χ3v) is 2.84. The fraction of sp³-hybridized carbons (Fsp3) is 0.312. The Morgan fingerprint density at radius 2 is 1.81 bits per heavy atom. The molecule has 0 amide bonds. The van der Waals surface area contributed by atoms with Gasteiger partial charge in [0.05, 0.1) is 11.4 Å². The van der Waals surface area contributed by atoms with E-state index in [0.717, 1.165) is 0 Å². The predicted molar refractivity (Wildman–Crippen MR) is 83.5 cm³/mol. The van der Waals surface area contributed by atoms with E-state index in [4.69, 9.17) is 10.5 Å². The zero-order valence-electron chi connectivity index (χ0n) is 12.7. The third-order valence-electron chi connectivity index (χ3n) is 2.84. The highest BCUT2D eigenvalue weighted by Gasteiger charge is 2.17. The molecule has 1 aromatic carbocycles. The summed E-state index contributed by atoms with van der Waals surface area (Å²) in [5, 5.41) is 0. The Balaban J connectivity index is 2.37. The van der Waals surface area contributed by atoms with Crippen molar-refractivity contribution in [2.75, 3.05) is 17.7 Å². The molecule has 21 heavy (non-hydrogen) atoms. The maximum atomic E-state index is 13.9. The van der Waals surface area contributed by atoms with Crippen LogP contribution in [0.3, 0.4) is 0 Å². The number of para-hydroxylation sites is 1. The van der Waals surface area contributed by atoms with Gasteiger partial charge < -0.3 is 15.4 Å². The van der Waals surface area contributed by atoms with Gasteiger partial charge in [0.2, 0.25) is 5.88 Å². The van der Waals surface area contributed by atoms with Crippen molar-refractivity contribution in [1.82, 2.24) is 4.98 Å². The number of nitrogen functional groups attached to an aromatic ring is 1. The molecule has 0 saturated heterocycles. The summed E-state index contributed by atoms with van der Waals surface area (Å²) >= 11 is 0. The molecule has 0 atom stereocenters. The summed E-state index contributed by atoms with van der Waals surface area (Å²) in [5.74, 6) is 0.605. The zero-order valence-corrected chi connectivity index (χ0v) is 12.7. The van der Waals surface area contributed by atoms with Crippen molar-refractivity contribution in [1.29, 1.82) is 0 Å². The first-order valence-electron chi connectivity index (χ1n) is 6.72. The average Bonchev–Trinajstić information content (AvgIpc) is 2.39. The number of halogens is 1. The van der Waals surface area contributed by atoms with Crippen molar-refractivity contribution in [2.24, 2.45) is 0 Å². The van der Waals surface area contributed by atoms with Crippen LogP contribution in [0, 0.1) is 5.82 Å². The Hall–Kier alpha value is -2.30. The molecule has 1 heterocycles. The van der Waals surface area contributed by atoms with Crippen LogP contribution in [0.4, 0.5) is 21.6 Å². The number of hydrogen-bond acceptors (Lipinski definition) is 4. The van der Waals surface area contributed by atoms with E-state index in [1.807, 2.05) is 20.8 Å². The molecule has 2 N–H and O–H groups in total. The van der Waals surface area contributed by atoms with Gasteiger partial charge in [-0.3, -0.25) is 0 Å². The van der Waals surface area contributed by atoms with Gasteiger partial charge in [0.1, 0.15) is 17.2 Å². The molecule has 0 radical (unpaired) electrons. The van der Waals surface area contributed by atoms with E-state index >= 15 is 0 Å². The molecule has 1 aromatic heterocycles. The predicted octanol–water partition coefficient (Wildman–Crippen LogP) is 3.75. The second-order valence-corrected chi connectivity index (χ2v) is 5.79. The molecular weight excluding hydrogens is 269 g/mol. The largest absolute Gasteiger partial charge is 0.470 e. The SMILES string of the molecule is CN(c1ccc(N)c(OC(C)(C)C)n1)c1ccccc1F. The van der Waals surface area contributed by atoms with Crippen LogP contribution in [0.25, 0.3) is 0 Å². The van der Waals surface area contributed by atoms with Gasteiger partial charge >= 0.3 is 0 Å². The number of ether oxygens (including phenoxy) is 1. The molecule has 0 bridgehead atoms. The molecule has 0 saturated carbocycles. The Morgan fingerprint density at radius 1 is 1.14 bits per heavy atom. The minimum atomic E-state index is -0.406. The Labute approximate surface area is 124 Å². The van der Waals surface area contributed by atoms with Gasteiger partial charge in [-0.25, -0.2) is 4.39 Å². The number of benzene rings is 1. The van der Waals surface area contributed by atoms with Crippen LogP contribution in [0.2, 0.25) is 0 Å². The molecule has 0 aliphatic rings. The lowest BCUT2D eigenvalue weighted by molar-refractivity contribution is 0.125. The van der Waals surface area contributed by atoms with Crippen LogP contribution in [0.1, 0.15) is 20.8 Å². The molecule has 0 spiro atoms. The molecule has 4 nitrogen and oxygen atoms in total. The van der Waals surface area contributed by atoms with Crippen LogP contribution in [-0.4, -0.2) is 17.6 Å². The van der Waals surface area contributed by atoms with Crippen molar-refractivity contribution in [3.8, 4) is 5.88 Å². The fourth-order valence-electron chi connectivity index (χ4n) is 1.85. The maximum absolute atomic E-state index is 13.9. The van der Waals surface area contributed by atoms with E-state index < -0.39 is 5.60 Å². The van der Waals surface area contributed by atoms with E-state index in [1.54, 1.807) is 42.3 Å². The first-order chi connectivity index (χ1) is 9.78. The summed E-state index contributed by atoms with van der Waals surface area (Å²) in [6, 6.07) is 9.97. The fourth-order valence-corrected chi connectivity index (χ4v) is 1.85. The van der Waals surface area contributed by atoms with Crippen LogP contribution in [0.15, 0.2) is 36.4 Å². The summed E-state index contributed by atoms with van der Waals surface area (Å²) in [7, 11) is 1.75.